The first-order valence-corrected chi connectivity index (χ1v) is 2.67. The van der Waals surface area contributed by atoms with Gasteiger partial charge in [0.05, 0.1) is 11.9 Å². The fraction of sp³-hybridized carbons (Fsp3) is 0.500. The van der Waals surface area contributed by atoms with Crippen LogP contribution in [0.2, 0.25) is 0 Å². The highest BCUT2D eigenvalue weighted by Crippen LogP contribution is 1.87. The zero-order chi connectivity index (χ0) is 5.98. The van der Waals surface area contributed by atoms with Crippen LogP contribution in [-0.4, -0.2) is 9.78 Å². The summed E-state index contributed by atoms with van der Waals surface area (Å²) < 4.78 is 1.73. The maximum absolute atomic E-state index is 4.03. The van der Waals surface area contributed by atoms with Crippen LogP contribution in [0.15, 0.2) is 0 Å². The molecule has 1 aromatic rings. The third-order valence-electron chi connectivity index (χ3n) is 0.936. The predicted octanol–water partition coefficient (Wildman–Crippen LogP) is 0.812. The SMILES string of the molecule is CCn1[c][c]c(C)n1. The Bertz CT molecular complexity index is 167. The first kappa shape index (κ1) is 5.35. The van der Waals surface area contributed by atoms with Gasteiger partial charge in [0.25, 0.3) is 0 Å². The van der Waals surface area contributed by atoms with Crippen LogP contribution in [0.3, 0.4) is 0 Å². The van der Waals surface area contributed by atoms with Crippen LogP contribution < -0.4 is 0 Å². The zero-order valence-corrected chi connectivity index (χ0v) is 5.10. The Morgan fingerprint density at radius 1 is 1.75 bits per heavy atom. The summed E-state index contributed by atoms with van der Waals surface area (Å²) in [5.74, 6) is 0. The van der Waals surface area contributed by atoms with E-state index < -0.39 is 0 Å². The average Bonchev–Trinajstić information content (AvgIpc) is 2.14. The fourth-order valence-electron chi connectivity index (χ4n) is 0.526. The van der Waals surface area contributed by atoms with Gasteiger partial charge in [0.2, 0.25) is 0 Å². The average molecular weight is 108 g/mol. The largest absolute Gasteiger partial charge is 0.263 e. The second-order valence-electron chi connectivity index (χ2n) is 1.64. The van der Waals surface area contributed by atoms with Crippen LogP contribution in [0.25, 0.3) is 0 Å². The van der Waals surface area contributed by atoms with Gasteiger partial charge in [0.1, 0.15) is 0 Å². The molecule has 0 bridgehead atoms. The topological polar surface area (TPSA) is 17.8 Å². The van der Waals surface area contributed by atoms with Gasteiger partial charge in [-0.1, -0.05) is 0 Å². The molecule has 0 aliphatic carbocycles. The van der Waals surface area contributed by atoms with Gasteiger partial charge in [-0.3, -0.25) is 4.68 Å². The lowest BCUT2D eigenvalue weighted by atomic mass is 10.5. The molecule has 0 aliphatic heterocycles. The van der Waals surface area contributed by atoms with Gasteiger partial charge in [-0.05, 0) is 13.8 Å². The number of nitrogens with zero attached hydrogens (tertiary/aromatic N) is 2. The van der Waals surface area contributed by atoms with Gasteiger partial charge < -0.3 is 0 Å². The van der Waals surface area contributed by atoms with Gasteiger partial charge in [0.15, 0.2) is 0 Å². The van der Waals surface area contributed by atoms with Gasteiger partial charge in [0, 0.05) is 12.6 Å². The summed E-state index contributed by atoms with van der Waals surface area (Å²) in [5, 5.41) is 4.03. The van der Waals surface area contributed by atoms with Crippen LogP contribution in [0.5, 0.6) is 0 Å². The second kappa shape index (κ2) is 1.99. The number of aromatic nitrogens is 2. The van der Waals surface area contributed by atoms with Crippen molar-refractivity contribution in [3.05, 3.63) is 18.0 Å². The Kier molecular flexibility index (Phi) is 1.33. The summed E-state index contributed by atoms with van der Waals surface area (Å²) in [6.45, 7) is 4.81. The second-order valence-corrected chi connectivity index (χ2v) is 1.64. The van der Waals surface area contributed by atoms with E-state index in [1.807, 2.05) is 13.8 Å². The van der Waals surface area contributed by atoms with Crippen molar-refractivity contribution in [2.24, 2.45) is 0 Å². The van der Waals surface area contributed by atoms with Crippen LogP contribution in [-0.2, 0) is 6.54 Å². The van der Waals surface area contributed by atoms with Crippen molar-refractivity contribution in [3.8, 4) is 0 Å². The van der Waals surface area contributed by atoms with Crippen molar-refractivity contribution in [3.63, 3.8) is 0 Å². The molecule has 1 rings (SSSR count). The third-order valence-corrected chi connectivity index (χ3v) is 0.936. The molecule has 1 aromatic heterocycles. The molecular weight excluding hydrogens is 100 g/mol. The smallest absolute Gasteiger partial charge is 0.0952 e. The van der Waals surface area contributed by atoms with E-state index in [1.54, 1.807) is 4.68 Å². The number of hydrogen-bond acceptors (Lipinski definition) is 1. The van der Waals surface area contributed by atoms with E-state index in [9.17, 15) is 0 Å². The summed E-state index contributed by atoms with van der Waals surface area (Å²) in [5.41, 5.74) is 0.909. The Labute approximate surface area is 49.1 Å². The van der Waals surface area contributed by atoms with E-state index >= 15 is 0 Å². The molecule has 2 radical (unpaired) electrons. The quantitative estimate of drug-likeness (QED) is 0.520. The standard InChI is InChI=1S/C6H8N2/c1-3-8-5-4-6(2)7-8/h3H2,1-2H3. The molecule has 2 nitrogen and oxygen atoms in total. The van der Waals surface area contributed by atoms with Gasteiger partial charge >= 0.3 is 0 Å². The highest BCUT2D eigenvalue weighted by atomic mass is 15.3. The fourth-order valence-corrected chi connectivity index (χ4v) is 0.526. The van der Waals surface area contributed by atoms with Crippen molar-refractivity contribution in [1.82, 2.24) is 9.78 Å². The van der Waals surface area contributed by atoms with E-state index in [1.165, 1.54) is 0 Å². The molecule has 8 heavy (non-hydrogen) atoms. The highest BCUT2D eigenvalue weighted by Gasteiger charge is 1.88. The van der Waals surface area contributed by atoms with E-state index in [0.29, 0.717) is 0 Å². The van der Waals surface area contributed by atoms with Crippen molar-refractivity contribution in [1.29, 1.82) is 0 Å². The minimum absolute atomic E-state index is 0.879. The lowest BCUT2D eigenvalue weighted by molar-refractivity contribution is 0.649. The Morgan fingerprint density at radius 3 is 2.75 bits per heavy atom. The van der Waals surface area contributed by atoms with Crippen molar-refractivity contribution >= 4 is 0 Å². The van der Waals surface area contributed by atoms with Gasteiger partial charge in [-0.15, -0.1) is 0 Å². The summed E-state index contributed by atoms with van der Waals surface area (Å²) in [6.07, 6.45) is 2.84. The zero-order valence-electron chi connectivity index (χ0n) is 5.10. The van der Waals surface area contributed by atoms with Crippen molar-refractivity contribution in [2.45, 2.75) is 20.4 Å². The van der Waals surface area contributed by atoms with E-state index in [2.05, 4.69) is 17.4 Å². The Balaban J connectivity index is 2.84. The molecule has 0 saturated carbocycles. The van der Waals surface area contributed by atoms with E-state index in [-0.39, 0.29) is 0 Å². The Morgan fingerprint density at radius 2 is 2.50 bits per heavy atom. The number of rotatable bonds is 1. The minimum Gasteiger partial charge on any atom is -0.263 e. The third kappa shape index (κ3) is 0.886. The molecule has 0 aliphatic rings. The monoisotopic (exact) mass is 108 g/mol. The molecule has 0 N–H and O–H groups in total. The molecule has 2 heteroatoms. The lowest BCUT2D eigenvalue weighted by Gasteiger charge is -1.88. The predicted molar refractivity (Wildman–Crippen MR) is 30.3 cm³/mol. The molecule has 0 unspecified atom stereocenters. The first-order chi connectivity index (χ1) is 3.83. The maximum Gasteiger partial charge on any atom is 0.0952 e. The summed E-state index contributed by atoms with van der Waals surface area (Å²) in [7, 11) is 0. The van der Waals surface area contributed by atoms with Crippen LogP contribution in [0.4, 0.5) is 0 Å². The van der Waals surface area contributed by atoms with Crippen molar-refractivity contribution in [2.75, 3.05) is 0 Å². The van der Waals surface area contributed by atoms with Crippen LogP contribution in [0, 0.1) is 19.2 Å². The van der Waals surface area contributed by atoms with Gasteiger partial charge in [-0.2, -0.15) is 5.10 Å². The molecule has 0 fully saturated rings. The highest BCUT2D eigenvalue weighted by molar-refractivity contribution is 4.89. The molecular formula is C6H8N2. The van der Waals surface area contributed by atoms with Crippen LogP contribution in [0.1, 0.15) is 12.6 Å². The molecule has 42 valence electrons. The van der Waals surface area contributed by atoms with E-state index in [4.69, 9.17) is 0 Å². The minimum atomic E-state index is 0.879. The lowest BCUT2D eigenvalue weighted by Crippen LogP contribution is -1.93. The molecule has 1 heterocycles. The molecule has 0 saturated heterocycles. The van der Waals surface area contributed by atoms with Crippen LogP contribution >= 0.6 is 0 Å². The maximum atomic E-state index is 4.03. The molecule has 0 atom stereocenters. The summed E-state index contributed by atoms with van der Waals surface area (Å²) in [6, 6.07) is 2.85. The normalized spacial score (nSPS) is 9.75. The molecule has 0 amide bonds. The van der Waals surface area contributed by atoms with E-state index in [0.717, 1.165) is 12.2 Å². The summed E-state index contributed by atoms with van der Waals surface area (Å²) >= 11 is 0. The summed E-state index contributed by atoms with van der Waals surface area (Å²) in [4.78, 5) is 0. The van der Waals surface area contributed by atoms with Crippen molar-refractivity contribution < 1.29 is 0 Å². The molecule has 0 spiro atoms. The van der Waals surface area contributed by atoms with Gasteiger partial charge in [-0.25, -0.2) is 0 Å². The Hall–Kier alpha value is -0.790. The molecule has 0 aromatic carbocycles. The first-order valence-electron chi connectivity index (χ1n) is 2.67. The number of hydrogen-bond donors (Lipinski definition) is 0. The number of aryl methyl sites for hydroxylation is 2.